The average molecular weight is 381 g/mol. The van der Waals surface area contributed by atoms with E-state index in [1.54, 1.807) is 23.6 Å². The van der Waals surface area contributed by atoms with Crippen molar-refractivity contribution in [1.82, 2.24) is 10.9 Å². The Bertz CT molecular complexity index is 833. The standard InChI is InChI=1S/C16H19N3O4S2/c1-2-3-9-14(20)17-18-16(21)12-7-4-5-8-13(12)19-25(22,23)15-10-6-11-24-15/h4-8,10-11,19H,2-3,9H2,1H3,(H,17,20)(H,18,21). The summed E-state index contributed by atoms with van der Waals surface area (Å²) in [6.07, 6.45) is 1.90. The van der Waals surface area contributed by atoms with Crippen molar-refractivity contribution >= 4 is 38.9 Å². The topological polar surface area (TPSA) is 104 Å². The third-order valence-corrected chi connectivity index (χ3v) is 6.01. The lowest BCUT2D eigenvalue weighted by Crippen LogP contribution is -2.41. The Morgan fingerprint density at radius 2 is 1.84 bits per heavy atom. The van der Waals surface area contributed by atoms with E-state index in [4.69, 9.17) is 0 Å². The maximum Gasteiger partial charge on any atom is 0.271 e. The molecule has 7 nitrogen and oxygen atoms in total. The highest BCUT2D eigenvalue weighted by Gasteiger charge is 2.19. The molecule has 0 aliphatic heterocycles. The highest BCUT2D eigenvalue weighted by molar-refractivity contribution is 7.94. The van der Waals surface area contributed by atoms with Gasteiger partial charge in [0.2, 0.25) is 5.91 Å². The zero-order valence-corrected chi connectivity index (χ0v) is 15.2. The van der Waals surface area contributed by atoms with E-state index in [0.29, 0.717) is 6.42 Å². The van der Waals surface area contributed by atoms with Crippen LogP contribution >= 0.6 is 11.3 Å². The average Bonchev–Trinajstić information content (AvgIpc) is 3.13. The summed E-state index contributed by atoms with van der Waals surface area (Å²) >= 11 is 1.08. The Morgan fingerprint density at radius 1 is 1.08 bits per heavy atom. The van der Waals surface area contributed by atoms with Gasteiger partial charge in [0, 0.05) is 6.42 Å². The van der Waals surface area contributed by atoms with Crippen LogP contribution in [0.5, 0.6) is 0 Å². The van der Waals surface area contributed by atoms with E-state index >= 15 is 0 Å². The summed E-state index contributed by atoms with van der Waals surface area (Å²) in [5.74, 6) is -0.902. The number of nitrogens with one attached hydrogen (secondary N) is 3. The minimum Gasteiger partial charge on any atom is -0.278 e. The van der Waals surface area contributed by atoms with E-state index in [9.17, 15) is 18.0 Å². The van der Waals surface area contributed by atoms with Crippen LogP contribution in [0, 0.1) is 0 Å². The van der Waals surface area contributed by atoms with Crippen LogP contribution in [0.15, 0.2) is 46.0 Å². The van der Waals surface area contributed by atoms with Crippen molar-refractivity contribution in [3.05, 3.63) is 47.3 Å². The summed E-state index contributed by atoms with van der Waals surface area (Å²) in [6, 6.07) is 9.28. The molecule has 0 bridgehead atoms. The lowest BCUT2D eigenvalue weighted by molar-refractivity contribution is -0.121. The van der Waals surface area contributed by atoms with Gasteiger partial charge in [0.05, 0.1) is 11.3 Å². The number of hydrogen-bond donors (Lipinski definition) is 3. The van der Waals surface area contributed by atoms with Crippen molar-refractivity contribution in [2.45, 2.75) is 30.4 Å². The van der Waals surface area contributed by atoms with Gasteiger partial charge in [-0.25, -0.2) is 8.42 Å². The van der Waals surface area contributed by atoms with Crippen LogP contribution < -0.4 is 15.6 Å². The molecule has 1 aromatic carbocycles. The lowest BCUT2D eigenvalue weighted by atomic mass is 10.2. The molecule has 1 aromatic heterocycles. The van der Waals surface area contributed by atoms with E-state index in [2.05, 4.69) is 15.6 Å². The first kappa shape index (κ1) is 18.9. The maximum atomic E-state index is 12.3. The number of amides is 2. The molecule has 0 saturated carbocycles. The highest BCUT2D eigenvalue weighted by Crippen LogP contribution is 2.22. The zero-order valence-electron chi connectivity index (χ0n) is 13.6. The summed E-state index contributed by atoms with van der Waals surface area (Å²) in [6.45, 7) is 1.96. The number of hydrazine groups is 1. The van der Waals surface area contributed by atoms with Crippen molar-refractivity contribution in [2.24, 2.45) is 0 Å². The van der Waals surface area contributed by atoms with Crippen molar-refractivity contribution in [3.63, 3.8) is 0 Å². The molecule has 0 atom stereocenters. The molecule has 25 heavy (non-hydrogen) atoms. The number of rotatable bonds is 7. The summed E-state index contributed by atoms with van der Waals surface area (Å²) in [5, 5.41) is 1.65. The normalized spacial score (nSPS) is 10.9. The number of unbranched alkanes of at least 4 members (excludes halogenated alkanes) is 1. The SMILES string of the molecule is CCCCC(=O)NNC(=O)c1ccccc1NS(=O)(=O)c1cccs1. The van der Waals surface area contributed by atoms with Gasteiger partial charge >= 0.3 is 0 Å². The first-order chi connectivity index (χ1) is 11.9. The Kier molecular flexibility index (Phi) is 6.54. The maximum absolute atomic E-state index is 12.3. The highest BCUT2D eigenvalue weighted by atomic mass is 32.2. The Hall–Kier alpha value is -2.39. The van der Waals surface area contributed by atoms with E-state index in [0.717, 1.165) is 24.2 Å². The number of thiophene rings is 1. The van der Waals surface area contributed by atoms with E-state index in [-0.39, 0.29) is 21.4 Å². The zero-order chi connectivity index (χ0) is 18.3. The summed E-state index contributed by atoms with van der Waals surface area (Å²) in [7, 11) is -3.77. The van der Waals surface area contributed by atoms with Crippen LogP contribution in [0.3, 0.4) is 0 Å². The van der Waals surface area contributed by atoms with Gasteiger partial charge < -0.3 is 0 Å². The molecule has 2 aromatic rings. The van der Waals surface area contributed by atoms with Crippen molar-refractivity contribution in [2.75, 3.05) is 4.72 Å². The molecular formula is C16H19N3O4S2. The number of anilines is 1. The largest absolute Gasteiger partial charge is 0.278 e. The Balaban J connectivity index is 2.10. The molecule has 0 aliphatic carbocycles. The van der Waals surface area contributed by atoms with Crippen LogP contribution in [-0.2, 0) is 14.8 Å². The second-order valence-corrected chi connectivity index (χ2v) is 8.05. The van der Waals surface area contributed by atoms with Gasteiger partial charge in [0.1, 0.15) is 4.21 Å². The fourth-order valence-electron chi connectivity index (χ4n) is 1.98. The molecule has 0 fully saturated rings. The molecular weight excluding hydrogens is 362 g/mol. The van der Waals surface area contributed by atoms with Gasteiger partial charge in [-0.05, 0) is 30.0 Å². The molecule has 3 N–H and O–H groups in total. The Morgan fingerprint density at radius 3 is 2.52 bits per heavy atom. The minimum absolute atomic E-state index is 0.110. The van der Waals surface area contributed by atoms with Gasteiger partial charge in [0.25, 0.3) is 15.9 Å². The second-order valence-electron chi connectivity index (χ2n) is 5.19. The van der Waals surface area contributed by atoms with Gasteiger partial charge in [-0.15, -0.1) is 11.3 Å². The van der Waals surface area contributed by atoms with Crippen LogP contribution in [0.2, 0.25) is 0 Å². The molecule has 2 amide bonds. The summed E-state index contributed by atoms with van der Waals surface area (Å²) in [4.78, 5) is 23.8. The molecule has 0 spiro atoms. The van der Waals surface area contributed by atoms with E-state index in [1.807, 2.05) is 6.92 Å². The smallest absolute Gasteiger partial charge is 0.271 e. The minimum atomic E-state index is -3.77. The predicted octanol–water partition coefficient (Wildman–Crippen LogP) is 2.50. The second kappa shape index (κ2) is 8.63. The van der Waals surface area contributed by atoms with Crippen LogP contribution in [-0.4, -0.2) is 20.2 Å². The molecule has 2 rings (SSSR count). The van der Waals surface area contributed by atoms with Gasteiger partial charge in [-0.1, -0.05) is 31.5 Å². The fourth-order valence-corrected chi connectivity index (χ4v) is 4.05. The summed E-state index contributed by atoms with van der Waals surface area (Å²) in [5.41, 5.74) is 4.86. The molecule has 9 heteroatoms. The fraction of sp³-hybridized carbons (Fsp3) is 0.250. The molecule has 0 unspecified atom stereocenters. The lowest BCUT2D eigenvalue weighted by Gasteiger charge is -2.12. The third-order valence-electron chi connectivity index (χ3n) is 3.25. The molecule has 0 aliphatic rings. The quantitative estimate of drug-likeness (QED) is 0.641. The van der Waals surface area contributed by atoms with Crippen molar-refractivity contribution < 1.29 is 18.0 Å². The van der Waals surface area contributed by atoms with Gasteiger partial charge in [0.15, 0.2) is 0 Å². The number of sulfonamides is 1. The molecule has 0 saturated heterocycles. The number of para-hydroxylation sites is 1. The molecule has 0 radical (unpaired) electrons. The van der Waals surface area contributed by atoms with E-state index < -0.39 is 15.9 Å². The molecule has 1 heterocycles. The van der Waals surface area contributed by atoms with Crippen LogP contribution in [0.4, 0.5) is 5.69 Å². The third kappa shape index (κ3) is 5.30. The first-order valence-electron chi connectivity index (χ1n) is 7.68. The van der Waals surface area contributed by atoms with Crippen molar-refractivity contribution in [3.8, 4) is 0 Å². The monoisotopic (exact) mass is 381 g/mol. The van der Waals surface area contributed by atoms with E-state index in [1.165, 1.54) is 18.2 Å². The first-order valence-corrected chi connectivity index (χ1v) is 10.0. The van der Waals surface area contributed by atoms with Crippen molar-refractivity contribution in [1.29, 1.82) is 0 Å². The summed E-state index contributed by atoms with van der Waals surface area (Å²) < 4.78 is 27.2. The van der Waals surface area contributed by atoms with Gasteiger partial charge in [-0.2, -0.15) is 0 Å². The predicted molar refractivity (Wildman–Crippen MR) is 96.7 cm³/mol. The number of benzene rings is 1. The number of carbonyl (C=O) groups excluding carboxylic acids is 2. The van der Waals surface area contributed by atoms with Gasteiger partial charge in [-0.3, -0.25) is 25.2 Å². The number of hydrogen-bond acceptors (Lipinski definition) is 5. The Labute approximate surface area is 150 Å². The number of carbonyl (C=O) groups is 2. The van der Waals surface area contributed by atoms with Crippen LogP contribution in [0.1, 0.15) is 36.5 Å². The van der Waals surface area contributed by atoms with Crippen LogP contribution in [0.25, 0.3) is 0 Å². The molecule has 134 valence electrons.